The van der Waals surface area contributed by atoms with E-state index in [0.717, 1.165) is 6.26 Å². The van der Waals surface area contributed by atoms with Crippen LogP contribution < -0.4 is 4.72 Å². The molecule has 122 valence electrons. The van der Waals surface area contributed by atoms with Gasteiger partial charge in [0.1, 0.15) is 0 Å². The van der Waals surface area contributed by atoms with Gasteiger partial charge in [0.25, 0.3) is 5.91 Å². The molecule has 7 heteroatoms. The van der Waals surface area contributed by atoms with Gasteiger partial charge in [-0.25, -0.2) is 8.42 Å². The fraction of sp³-hybridized carbons (Fsp3) is 0.533. The number of ether oxygens (including phenoxy) is 1. The van der Waals surface area contributed by atoms with Crippen molar-refractivity contribution in [2.75, 3.05) is 24.1 Å². The molecule has 1 saturated heterocycles. The molecule has 0 spiro atoms. The Kier molecular flexibility index (Phi) is 4.49. The van der Waals surface area contributed by atoms with Gasteiger partial charge in [0.05, 0.1) is 18.0 Å². The summed E-state index contributed by atoms with van der Waals surface area (Å²) in [5.74, 6) is -0.0749. The summed E-state index contributed by atoms with van der Waals surface area (Å²) in [6.07, 6.45) is 1.07. The van der Waals surface area contributed by atoms with Gasteiger partial charge in [0, 0.05) is 24.3 Å². The van der Waals surface area contributed by atoms with Crippen molar-refractivity contribution in [3.8, 4) is 0 Å². The van der Waals surface area contributed by atoms with Gasteiger partial charge in [-0.05, 0) is 45.0 Å². The minimum absolute atomic E-state index is 0.0149. The van der Waals surface area contributed by atoms with Gasteiger partial charge in [-0.3, -0.25) is 9.52 Å². The van der Waals surface area contributed by atoms with Gasteiger partial charge < -0.3 is 9.64 Å². The van der Waals surface area contributed by atoms with Gasteiger partial charge in [0.2, 0.25) is 10.0 Å². The first kappa shape index (κ1) is 16.8. The lowest BCUT2D eigenvalue weighted by atomic mass is 10.0. The standard InChI is InChI=1S/C15H22N2O4S/c1-11-9-17(10-15(2,3)21-11)14(18)12-5-7-13(8-6-12)16-22(4,19)20/h5-8,11,16H,9-10H2,1-4H3. The summed E-state index contributed by atoms with van der Waals surface area (Å²) in [7, 11) is -3.32. The Balaban J connectivity index is 2.13. The lowest BCUT2D eigenvalue weighted by Crippen LogP contribution is -2.53. The van der Waals surface area contributed by atoms with Crippen molar-refractivity contribution in [3.05, 3.63) is 29.8 Å². The summed E-state index contributed by atoms with van der Waals surface area (Å²) < 4.78 is 30.5. The van der Waals surface area contributed by atoms with E-state index in [2.05, 4.69) is 4.72 Å². The molecular formula is C15H22N2O4S. The van der Waals surface area contributed by atoms with Crippen LogP contribution in [0, 0.1) is 0 Å². The highest BCUT2D eigenvalue weighted by Crippen LogP contribution is 2.22. The Hall–Kier alpha value is -1.60. The van der Waals surface area contributed by atoms with E-state index in [4.69, 9.17) is 4.74 Å². The molecule has 0 bridgehead atoms. The molecule has 1 heterocycles. The molecule has 6 nitrogen and oxygen atoms in total. The van der Waals surface area contributed by atoms with Crippen LogP contribution in [-0.4, -0.2) is 50.3 Å². The quantitative estimate of drug-likeness (QED) is 0.917. The molecule has 1 N–H and O–H groups in total. The molecule has 1 aromatic rings. The third-order valence-electron chi connectivity index (χ3n) is 3.29. The molecule has 1 fully saturated rings. The number of hydrogen-bond donors (Lipinski definition) is 1. The molecule has 1 aliphatic heterocycles. The van der Waals surface area contributed by atoms with Crippen molar-refractivity contribution in [1.29, 1.82) is 0 Å². The number of carbonyl (C=O) groups is 1. The number of carbonyl (C=O) groups excluding carboxylic acids is 1. The van der Waals surface area contributed by atoms with Crippen LogP contribution in [0.1, 0.15) is 31.1 Å². The van der Waals surface area contributed by atoms with Crippen LogP contribution in [0.25, 0.3) is 0 Å². The molecule has 22 heavy (non-hydrogen) atoms. The second kappa shape index (κ2) is 5.89. The van der Waals surface area contributed by atoms with E-state index in [1.165, 1.54) is 0 Å². The van der Waals surface area contributed by atoms with Crippen molar-refractivity contribution < 1.29 is 17.9 Å². The molecule has 0 aromatic heterocycles. The second-order valence-electron chi connectivity index (χ2n) is 6.33. The average Bonchev–Trinajstić information content (AvgIpc) is 2.34. The van der Waals surface area contributed by atoms with Crippen molar-refractivity contribution in [3.63, 3.8) is 0 Å². The summed E-state index contributed by atoms with van der Waals surface area (Å²) in [6.45, 7) is 6.94. The number of benzene rings is 1. The van der Waals surface area contributed by atoms with Gasteiger partial charge in [0.15, 0.2) is 0 Å². The Bertz CT molecular complexity index is 653. The van der Waals surface area contributed by atoms with Gasteiger partial charge in [-0.2, -0.15) is 0 Å². The number of amides is 1. The highest BCUT2D eigenvalue weighted by molar-refractivity contribution is 7.92. The number of sulfonamides is 1. The zero-order valence-corrected chi connectivity index (χ0v) is 14.1. The normalized spacial score (nSPS) is 21.5. The molecule has 1 atom stereocenters. The maximum absolute atomic E-state index is 12.6. The number of morpholine rings is 1. The largest absolute Gasteiger partial charge is 0.369 e. The van der Waals surface area contributed by atoms with Crippen LogP contribution in [0.5, 0.6) is 0 Å². The van der Waals surface area contributed by atoms with Gasteiger partial charge in [-0.1, -0.05) is 0 Å². The van der Waals surface area contributed by atoms with Crippen LogP contribution in [0.3, 0.4) is 0 Å². The molecule has 0 aliphatic carbocycles. The minimum atomic E-state index is -3.32. The van der Waals surface area contributed by atoms with Crippen LogP contribution in [0.4, 0.5) is 5.69 Å². The molecular weight excluding hydrogens is 304 g/mol. The maximum Gasteiger partial charge on any atom is 0.254 e. The van der Waals surface area contributed by atoms with Crippen LogP contribution in [-0.2, 0) is 14.8 Å². The first-order valence-corrected chi connectivity index (χ1v) is 9.00. The van der Waals surface area contributed by atoms with E-state index in [-0.39, 0.29) is 17.6 Å². The molecule has 1 amide bonds. The summed E-state index contributed by atoms with van der Waals surface area (Å²) in [6, 6.07) is 6.43. The lowest BCUT2D eigenvalue weighted by molar-refractivity contribution is -0.118. The number of rotatable bonds is 3. The zero-order valence-electron chi connectivity index (χ0n) is 13.3. The lowest BCUT2D eigenvalue weighted by Gasteiger charge is -2.41. The monoisotopic (exact) mass is 326 g/mol. The maximum atomic E-state index is 12.6. The number of nitrogens with one attached hydrogen (secondary N) is 1. The van der Waals surface area contributed by atoms with Crippen molar-refractivity contribution in [2.24, 2.45) is 0 Å². The van der Waals surface area contributed by atoms with Crippen molar-refractivity contribution in [2.45, 2.75) is 32.5 Å². The Morgan fingerprint density at radius 1 is 1.32 bits per heavy atom. The molecule has 0 radical (unpaired) electrons. The number of hydrogen-bond acceptors (Lipinski definition) is 4. The zero-order chi connectivity index (χ0) is 16.5. The van der Waals surface area contributed by atoms with E-state index in [1.54, 1.807) is 29.2 Å². The molecule has 1 aromatic carbocycles. The van der Waals surface area contributed by atoms with Crippen LogP contribution in [0.15, 0.2) is 24.3 Å². The topological polar surface area (TPSA) is 75.7 Å². The van der Waals surface area contributed by atoms with E-state index in [1.807, 2.05) is 20.8 Å². The molecule has 2 rings (SSSR count). The fourth-order valence-corrected chi connectivity index (χ4v) is 3.25. The summed E-state index contributed by atoms with van der Waals surface area (Å²) in [5, 5.41) is 0. The van der Waals surface area contributed by atoms with Gasteiger partial charge >= 0.3 is 0 Å². The van der Waals surface area contributed by atoms with E-state index in [0.29, 0.717) is 24.3 Å². The summed E-state index contributed by atoms with van der Waals surface area (Å²) in [4.78, 5) is 14.3. The molecule has 0 saturated carbocycles. The highest BCUT2D eigenvalue weighted by Gasteiger charge is 2.33. The van der Waals surface area contributed by atoms with Gasteiger partial charge in [-0.15, -0.1) is 0 Å². The van der Waals surface area contributed by atoms with Crippen molar-refractivity contribution >= 4 is 21.6 Å². The summed E-state index contributed by atoms with van der Waals surface area (Å²) >= 11 is 0. The minimum Gasteiger partial charge on any atom is -0.369 e. The average molecular weight is 326 g/mol. The van der Waals surface area contributed by atoms with Crippen LogP contribution >= 0.6 is 0 Å². The van der Waals surface area contributed by atoms with Crippen LogP contribution in [0.2, 0.25) is 0 Å². The third kappa shape index (κ3) is 4.45. The summed E-state index contributed by atoms with van der Waals surface area (Å²) in [5.41, 5.74) is 0.601. The predicted molar refractivity (Wildman–Crippen MR) is 85.4 cm³/mol. The number of nitrogens with zero attached hydrogens (tertiary/aromatic N) is 1. The molecule has 1 aliphatic rings. The SMILES string of the molecule is CC1CN(C(=O)c2ccc(NS(C)(=O)=O)cc2)CC(C)(C)O1. The Morgan fingerprint density at radius 3 is 2.41 bits per heavy atom. The van der Waals surface area contributed by atoms with E-state index < -0.39 is 10.0 Å². The fourth-order valence-electron chi connectivity index (χ4n) is 2.69. The first-order chi connectivity index (χ1) is 10.1. The number of anilines is 1. The van der Waals surface area contributed by atoms with Crippen molar-refractivity contribution in [1.82, 2.24) is 4.90 Å². The smallest absolute Gasteiger partial charge is 0.254 e. The highest BCUT2D eigenvalue weighted by atomic mass is 32.2. The first-order valence-electron chi connectivity index (χ1n) is 7.11. The molecule has 1 unspecified atom stereocenters. The Labute approximate surface area is 131 Å². The second-order valence-corrected chi connectivity index (χ2v) is 8.07. The predicted octanol–water partition coefficient (Wildman–Crippen LogP) is 1.70. The van der Waals surface area contributed by atoms with E-state index in [9.17, 15) is 13.2 Å². The third-order valence-corrected chi connectivity index (χ3v) is 3.90. The Morgan fingerprint density at radius 2 is 1.91 bits per heavy atom. The van der Waals surface area contributed by atoms with E-state index >= 15 is 0 Å².